The summed E-state index contributed by atoms with van der Waals surface area (Å²) >= 11 is 0. The van der Waals surface area contributed by atoms with Gasteiger partial charge in [0, 0.05) is 12.8 Å². The Morgan fingerprint density at radius 2 is 1.00 bits per heavy atom. The molecule has 0 aromatic rings. The molecule has 0 fully saturated rings. The van der Waals surface area contributed by atoms with Crippen molar-refractivity contribution >= 4 is 25.7 Å². The highest BCUT2D eigenvalue weighted by molar-refractivity contribution is 7.47. The number of aliphatic carboxylic acids is 1. The van der Waals surface area contributed by atoms with Crippen molar-refractivity contribution in [3.8, 4) is 0 Å². The summed E-state index contributed by atoms with van der Waals surface area (Å²) in [5, 5.41) is 8.78. The SMILES string of the molecule is CCCCCCCCCCCCCCCCCCCCCC(=O)OC(COC(=O)CCCC)COP(=O)(O)OCC(N)C(=O)O. The summed E-state index contributed by atoms with van der Waals surface area (Å²) in [7, 11) is -4.68. The van der Waals surface area contributed by atoms with E-state index in [0.29, 0.717) is 12.8 Å². The number of rotatable bonds is 33. The zero-order chi connectivity index (χ0) is 33.6. The predicted octanol–water partition coefficient (Wildman–Crippen LogP) is 8.00. The van der Waals surface area contributed by atoms with Crippen LogP contribution in [0.25, 0.3) is 0 Å². The second-order valence-corrected chi connectivity index (χ2v) is 13.5. The number of phosphoric ester groups is 1. The molecule has 0 aromatic carbocycles. The molecule has 3 unspecified atom stereocenters. The van der Waals surface area contributed by atoms with Gasteiger partial charge in [-0.2, -0.15) is 0 Å². The van der Waals surface area contributed by atoms with E-state index < -0.39 is 51.1 Å². The highest BCUT2D eigenvalue weighted by atomic mass is 31.2. The number of hydrogen-bond donors (Lipinski definition) is 3. The summed E-state index contributed by atoms with van der Waals surface area (Å²) in [6.45, 7) is 2.52. The summed E-state index contributed by atoms with van der Waals surface area (Å²) in [6.07, 6.45) is 24.6. The molecule has 0 heterocycles. The second kappa shape index (κ2) is 29.9. The van der Waals surface area contributed by atoms with Crippen LogP contribution in [0.15, 0.2) is 0 Å². The van der Waals surface area contributed by atoms with E-state index in [0.717, 1.165) is 25.7 Å². The zero-order valence-corrected chi connectivity index (χ0v) is 29.1. The van der Waals surface area contributed by atoms with Crippen molar-refractivity contribution < 1.29 is 47.5 Å². The number of hydrogen-bond acceptors (Lipinski definition) is 9. The normalized spacial score (nSPS) is 14.0. The van der Waals surface area contributed by atoms with E-state index in [-0.39, 0.29) is 19.4 Å². The lowest BCUT2D eigenvalue weighted by molar-refractivity contribution is -0.161. The van der Waals surface area contributed by atoms with Gasteiger partial charge in [0.2, 0.25) is 0 Å². The maximum absolute atomic E-state index is 12.4. The summed E-state index contributed by atoms with van der Waals surface area (Å²) < 4.78 is 32.0. The molecule has 0 rings (SSSR count). The van der Waals surface area contributed by atoms with Gasteiger partial charge in [0.15, 0.2) is 6.10 Å². The van der Waals surface area contributed by atoms with E-state index in [1.807, 2.05) is 6.92 Å². The van der Waals surface area contributed by atoms with Crippen molar-refractivity contribution in [1.29, 1.82) is 0 Å². The topological polar surface area (TPSA) is 172 Å². The maximum Gasteiger partial charge on any atom is 0.472 e. The number of carbonyl (C=O) groups is 3. The van der Waals surface area contributed by atoms with Gasteiger partial charge in [0.1, 0.15) is 12.6 Å². The number of unbranched alkanes of at least 4 members (excludes halogenated alkanes) is 19. The first-order valence-electron chi connectivity index (χ1n) is 17.6. The molecule has 0 saturated carbocycles. The number of carboxylic acids is 1. The van der Waals surface area contributed by atoms with Gasteiger partial charge in [-0.3, -0.25) is 23.4 Å². The third-order valence-corrected chi connectivity index (χ3v) is 8.56. The van der Waals surface area contributed by atoms with Crippen molar-refractivity contribution in [3.05, 3.63) is 0 Å². The van der Waals surface area contributed by atoms with E-state index >= 15 is 0 Å². The fraction of sp³-hybridized carbons (Fsp3) is 0.909. The fourth-order valence-electron chi connectivity index (χ4n) is 4.75. The first-order chi connectivity index (χ1) is 21.6. The van der Waals surface area contributed by atoms with Crippen LogP contribution in [-0.2, 0) is 37.5 Å². The van der Waals surface area contributed by atoms with Crippen LogP contribution in [0.3, 0.4) is 0 Å². The molecule has 45 heavy (non-hydrogen) atoms. The summed E-state index contributed by atoms with van der Waals surface area (Å²) in [5.41, 5.74) is 5.27. The van der Waals surface area contributed by atoms with Crippen LogP contribution >= 0.6 is 7.82 Å². The van der Waals surface area contributed by atoms with Gasteiger partial charge in [-0.1, -0.05) is 136 Å². The molecule has 4 N–H and O–H groups in total. The third kappa shape index (κ3) is 29.6. The molecule has 0 spiro atoms. The first-order valence-corrected chi connectivity index (χ1v) is 19.1. The number of esters is 2. The van der Waals surface area contributed by atoms with Gasteiger partial charge < -0.3 is 25.2 Å². The number of carbonyl (C=O) groups excluding carboxylic acids is 2. The maximum atomic E-state index is 12.4. The van der Waals surface area contributed by atoms with Crippen LogP contribution in [-0.4, -0.2) is 59.9 Å². The largest absolute Gasteiger partial charge is 0.480 e. The number of nitrogens with two attached hydrogens (primary N) is 1. The smallest absolute Gasteiger partial charge is 0.472 e. The highest BCUT2D eigenvalue weighted by Gasteiger charge is 2.28. The Kier molecular flexibility index (Phi) is 28.8. The molecule has 0 aromatic heterocycles. The zero-order valence-electron chi connectivity index (χ0n) is 28.2. The Labute approximate surface area is 272 Å². The summed E-state index contributed by atoms with van der Waals surface area (Å²) in [5.74, 6) is -2.41. The number of ether oxygens (including phenoxy) is 2. The molecule has 3 atom stereocenters. The van der Waals surface area contributed by atoms with Gasteiger partial charge >= 0.3 is 25.7 Å². The molecule has 0 aliphatic carbocycles. The Bertz CT molecular complexity index is 797. The van der Waals surface area contributed by atoms with E-state index in [9.17, 15) is 23.8 Å². The molecular weight excluding hydrogens is 601 g/mol. The van der Waals surface area contributed by atoms with Crippen LogP contribution in [0.5, 0.6) is 0 Å². The van der Waals surface area contributed by atoms with Gasteiger partial charge in [-0.25, -0.2) is 4.57 Å². The van der Waals surface area contributed by atoms with Crippen LogP contribution < -0.4 is 5.73 Å². The lowest BCUT2D eigenvalue weighted by Gasteiger charge is -2.20. The van der Waals surface area contributed by atoms with Gasteiger partial charge in [-0.15, -0.1) is 0 Å². The molecule has 0 saturated heterocycles. The average Bonchev–Trinajstić information content (AvgIpc) is 3.01. The molecule has 0 aliphatic heterocycles. The lowest BCUT2D eigenvalue weighted by Crippen LogP contribution is -2.34. The molecule has 0 bridgehead atoms. The Balaban J connectivity index is 4.06. The van der Waals surface area contributed by atoms with Crippen LogP contribution in [0, 0.1) is 0 Å². The summed E-state index contributed by atoms with van der Waals surface area (Å²) in [4.78, 5) is 44.9. The Morgan fingerprint density at radius 1 is 0.600 bits per heavy atom. The standard InChI is InChI=1S/C33H64NO10P/c1-3-5-7-8-9-10-11-12-13-14-15-16-17-18-19-20-21-22-23-25-32(36)44-29(26-41-31(35)24-6-4-2)27-42-45(39,40)43-28-30(34)33(37)38/h29-30H,3-28,34H2,1-2H3,(H,37,38)(H,39,40). The van der Waals surface area contributed by atoms with E-state index in [1.54, 1.807) is 0 Å². The van der Waals surface area contributed by atoms with Gasteiger partial charge in [0.25, 0.3) is 0 Å². The third-order valence-electron chi connectivity index (χ3n) is 7.61. The highest BCUT2D eigenvalue weighted by Crippen LogP contribution is 2.43. The minimum atomic E-state index is -4.68. The number of carboxylic acid groups (broad SMARTS) is 1. The van der Waals surface area contributed by atoms with E-state index in [4.69, 9.17) is 24.8 Å². The van der Waals surface area contributed by atoms with Crippen LogP contribution in [0.4, 0.5) is 0 Å². The Morgan fingerprint density at radius 3 is 1.44 bits per heavy atom. The molecule has 0 amide bonds. The molecule has 266 valence electrons. The average molecular weight is 666 g/mol. The second-order valence-electron chi connectivity index (χ2n) is 12.0. The van der Waals surface area contributed by atoms with Crippen molar-refractivity contribution in [3.63, 3.8) is 0 Å². The van der Waals surface area contributed by atoms with Crippen molar-refractivity contribution in [2.75, 3.05) is 19.8 Å². The van der Waals surface area contributed by atoms with Crippen LogP contribution in [0.2, 0.25) is 0 Å². The van der Waals surface area contributed by atoms with Crippen molar-refractivity contribution in [2.45, 2.75) is 174 Å². The fourth-order valence-corrected chi connectivity index (χ4v) is 5.53. The molecule has 0 aliphatic rings. The number of phosphoric acid groups is 1. The minimum absolute atomic E-state index is 0.167. The first kappa shape index (κ1) is 43.5. The monoisotopic (exact) mass is 665 g/mol. The molecule has 11 nitrogen and oxygen atoms in total. The quantitative estimate of drug-likeness (QED) is 0.0352. The van der Waals surface area contributed by atoms with Gasteiger partial charge in [0.05, 0.1) is 13.2 Å². The van der Waals surface area contributed by atoms with Crippen molar-refractivity contribution in [2.24, 2.45) is 5.73 Å². The lowest BCUT2D eigenvalue weighted by atomic mass is 10.0. The van der Waals surface area contributed by atoms with Crippen LogP contribution in [0.1, 0.15) is 162 Å². The van der Waals surface area contributed by atoms with E-state index in [2.05, 4.69) is 11.4 Å². The van der Waals surface area contributed by atoms with E-state index in [1.165, 1.54) is 96.3 Å². The molecule has 0 radical (unpaired) electrons. The summed E-state index contributed by atoms with van der Waals surface area (Å²) in [6, 6.07) is -1.51. The van der Waals surface area contributed by atoms with Crippen molar-refractivity contribution in [1.82, 2.24) is 0 Å². The molecular formula is C33H64NO10P. The molecule has 12 heteroatoms. The Hall–Kier alpha value is -1.52. The predicted molar refractivity (Wildman–Crippen MR) is 176 cm³/mol. The van der Waals surface area contributed by atoms with Gasteiger partial charge in [-0.05, 0) is 12.8 Å². The minimum Gasteiger partial charge on any atom is -0.480 e.